The van der Waals surface area contributed by atoms with Gasteiger partial charge in [0.05, 0.1) is 19.3 Å². The van der Waals surface area contributed by atoms with Crippen LogP contribution in [0, 0.1) is 0 Å². The molecule has 1 aromatic carbocycles. The SMILES string of the molecule is CCOC(=O)/C=C(/C(=O)OCC)n1nnc(-c2ccccc2)n1. The van der Waals surface area contributed by atoms with E-state index in [1.54, 1.807) is 26.0 Å². The number of nitrogens with zero attached hydrogens (tertiary/aromatic N) is 4. The Hall–Kier alpha value is -3.03. The van der Waals surface area contributed by atoms with Crippen LogP contribution in [0.1, 0.15) is 13.8 Å². The number of carbonyl (C=O) groups is 2. The molecule has 8 heteroatoms. The highest BCUT2D eigenvalue weighted by molar-refractivity contribution is 6.14. The van der Waals surface area contributed by atoms with Crippen LogP contribution in [0.3, 0.4) is 0 Å². The molecule has 0 aliphatic rings. The Morgan fingerprint density at radius 2 is 1.83 bits per heavy atom. The molecule has 2 aromatic rings. The largest absolute Gasteiger partial charge is 0.463 e. The fraction of sp³-hybridized carbons (Fsp3) is 0.267. The smallest absolute Gasteiger partial charge is 0.359 e. The first kappa shape index (κ1) is 16.3. The number of hydrogen-bond donors (Lipinski definition) is 0. The van der Waals surface area contributed by atoms with E-state index in [4.69, 9.17) is 9.47 Å². The topological polar surface area (TPSA) is 96.2 Å². The predicted octanol–water partition coefficient (Wildman–Crippen LogP) is 1.31. The Bertz CT molecular complexity index is 709. The molecule has 0 saturated heterocycles. The Kier molecular flexibility index (Phi) is 5.56. The Balaban J connectivity index is 2.34. The van der Waals surface area contributed by atoms with Gasteiger partial charge in [-0.25, -0.2) is 9.59 Å². The van der Waals surface area contributed by atoms with Crippen molar-refractivity contribution in [3.63, 3.8) is 0 Å². The van der Waals surface area contributed by atoms with Crippen LogP contribution in [-0.2, 0) is 19.1 Å². The molecule has 0 fully saturated rings. The van der Waals surface area contributed by atoms with E-state index in [2.05, 4.69) is 15.4 Å². The Morgan fingerprint density at radius 1 is 1.13 bits per heavy atom. The molecule has 0 spiro atoms. The van der Waals surface area contributed by atoms with Gasteiger partial charge in [0.25, 0.3) is 0 Å². The molecule has 0 radical (unpaired) electrons. The average Bonchev–Trinajstić information content (AvgIpc) is 3.03. The molecule has 23 heavy (non-hydrogen) atoms. The standard InChI is InChI=1S/C15H16N4O4/c1-3-22-13(20)10-12(15(21)23-4-2)19-17-14(16-18-19)11-8-6-5-7-9-11/h5-10H,3-4H2,1-2H3/b12-10-. The van der Waals surface area contributed by atoms with Gasteiger partial charge in [-0.3, -0.25) is 0 Å². The zero-order chi connectivity index (χ0) is 16.7. The van der Waals surface area contributed by atoms with E-state index < -0.39 is 11.9 Å². The molecule has 1 heterocycles. The highest BCUT2D eigenvalue weighted by atomic mass is 16.5. The van der Waals surface area contributed by atoms with Crippen LogP contribution in [0.4, 0.5) is 0 Å². The summed E-state index contributed by atoms with van der Waals surface area (Å²) in [6, 6.07) is 9.13. The van der Waals surface area contributed by atoms with Gasteiger partial charge in [-0.05, 0) is 19.1 Å². The molecular formula is C15H16N4O4. The van der Waals surface area contributed by atoms with E-state index in [-0.39, 0.29) is 18.9 Å². The maximum absolute atomic E-state index is 12.0. The fourth-order valence-corrected chi connectivity index (χ4v) is 1.72. The molecule has 120 valence electrons. The second-order valence-electron chi connectivity index (χ2n) is 4.27. The summed E-state index contributed by atoms with van der Waals surface area (Å²) in [5.74, 6) is -1.10. The number of tetrazole rings is 1. The lowest BCUT2D eigenvalue weighted by molar-refractivity contribution is -0.139. The zero-order valence-electron chi connectivity index (χ0n) is 12.8. The first-order valence-corrected chi connectivity index (χ1v) is 7.07. The van der Waals surface area contributed by atoms with E-state index in [1.165, 1.54) is 0 Å². The fourth-order valence-electron chi connectivity index (χ4n) is 1.72. The normalized spacial score (nSPS) is 11.1. The van der Waals surface area contributed by atoms with Crippen molar-refractivity contribution in [2.75, 3.05) is 13.2 Å². The van der Waals surface area contributed by atoms with Gasteiger partial charge in [0, 0.05) is 5.56 Å². The van der Waals surface area contributed by atoms with Crippen LogP contribution in [0.15, 0.2) is 36.4 Å². The number of hydrogen-bond acceptors (Lipinski definition) is 7. The van der Waals surface area contributed by atoms with Gasteiger partial charge in [0.15, 0.2) is 5.70 Å². The van der Waals surface area contributed by atoms with E-state index in [9.17, 15) is 9.59 Å². The number of esters is 2. The van der Waals surface area contributed by atoms with Crippen LogP contribution in [0.5, 0.6) is 0 Å². The third kappa shape index (κ3) is 4.22. The molecule has 8 nitrogen and oxygen atoms in total. The van der Waals surface area contributed by atoms with Gasteiger partial charge in [-0.2, -0.15) is 0 Å². The summed E-state index contributed by atoms with van der Waals surface area (Å²) >= 11 is 0. The van der Waals surface area contributed by atoms with Crippen LogP contribution in [-0.4, -0.2) is 45.4 Å². The molecule has 0 amide bonds. The van der Waals surface area contributed by atoms with Crippen molar-refractivity contribution >= 4 is 17.6 Å². The van der Waals surface area contributed by atoms with Gasteiger partial charge in [-0.1, -0.05) is 30.3 Å². The van der Waals surface area contributed by atoms with Crippen molar-refractivity contribution in [3.8, 4) is 11.4 Å². The van der Waals surface area contributed by atoms with Crippen molar-refractivity contribution in [3.05, 3.63) is 36.4 Å². The van der Waals surface area contributed by atoms with Gasteiger partial charge >= 0.3 is 11.9 Å². The van der Waals surface area contributed by atoms with E-state index >= 15 is 0 Å². The lowest BCUT2D eigenvalue weighted by Gasteiger charge is -2.04. The maximum atomic E-state index is 12.0. The van der Waals surface area contributed by atoms with Gasteiger partial charge in [0.2, 0.25) is 5.82 Å². The number of ether oxygens (including phenoxy) is 2. The van der Waals surface area contributed by atoms with Crippen molar-refractivity contribution in [1.29, 1.82) is 0 Å². The van der Waals surface area contributed by atoms with Crippen LogP contribution in [0.2, 0.25) is 0 Å². The van der Waals surface area contributed by atoms with Crippen LogP contribution in [0.25, 0.3) is 17.1 Å². The lowest BCUT2D eigenvalue weighted by atomic mass is 10.2. The Labute approximate surface area is 132 Å². The average molecular weight is 316 g/mol. The predicted molar refractivity (Wildman–Crippen MR) is 80.8 cm³/mol. The third-order valence-electron chi connectivity index (χ3n) is 2.69. The monoisotopic (exact) mass is 316 g/mol. The molecular weight excluding hydrogens is 300 g/mol. The Morgan fingerprint density at radius 3 is 2.48 bits per heavy atom. The number of benzene rings is 1. The molecule has 1 aromatic heterocycles. The van der Waals surface area contributed by atoms with Crippen molar-refractivity contribution in [2.45, 2.75) is 13.8 Å². The number of carbonyl (C=O) groups excluding carboxylic acids is 2. The lowest BCUT2D eigenvalue weighted by Crippen LogP contribution is -2.17. The summed E-state index contributed by atoms with van der Waals surface area (Å²) in [6.45, 7) is 3.66. The van der Waals surface area contributed by atoms with E-state index in [1.807, 2.05) is 18.2 Å². The minimum Gasteiger partial charge on any atom is -0.463 e. The van der Waals surface area contributed by atoms with Crippen molar-refractivity contribution in [1.82, 2.24) is 20.2 Å². The molecule has 0 aliphatic heterocycles. The molecule has 0 saturated carbocycles. The molecule has 2 rings (SSSR count). The second kappa shape index (κ2) is 7.83. The summed E-state index contributed by atoms with van der Waals surface area (Å²) < 4.78 is 9.71. The first-order chi connectivity index (χ1) is 11.2. The molecule has 0 N–H and O–H groups in total. The van der Waals surface area contributed by atoms with Gasteiger partial charge in [-0.15, -0.1) is 15.0 Å². The summed E-state index contributed by atoms with van der Waals surface area (Å²) in [4.78, 5) is 24.6. The molecule has 0 unspecified atom stereocenters. The number of aromatic nitrogens is 4. The summed E-state index contributed by atoms with van der Waals surface area (Å²) in [5, 5.41) is 11.8. The first-order valence-electron chi connectivity index (χ1n) is 7.07. The summed E-state index contributed by atoms with van der Waals surface area (Å²) in [6.07, 6.45) is 0.984. The minimum absolute atomic E-state index is 0.152. The van der Waals surface area contributed by atoms with E-state index in [0.717, 1.165) is 16.4 Å². The maximum Gasteiger partial charge on any atom is 0.359 e. The summed E-state index contributed by atoms with van der Waals surface area (Å²) in [7, 11) is 0. The summed E-state index contributed by atoms with van der Waals surface area (Å²) in [5.41, 5.74) is 0.568. The van der Waals surface area contributed by atoms with Gasteiger partial charge < -0.3 is 9.47 Å². The van der Waals surface area contributed by atoms with Crippen molar-refractivity contribution in [2.24, 2.45) is 0 Å². The van der Waals surface area contributed by atoms with Crippen LogP contribution < -0.4 is 0 Å². The highest BCUT2D eigenvalue weighted by Crippen LogP contribution is 2.14. The highest BCUT2D eigenvalue weighted by Gasteiger charge is 2.19. The third-order valence-corrected chi connectivity index (χ3v) is 2.69. The van der Waals surface area contributed by atoms with E-state index in [0.29, 0.717) is 5.82 Å². The minimum atomic E-state index is -0.738. The second-order valence-corrected chi connectivity index (χ2v) is 4.27. The quantitative estimate of drug-likeness (QED) is 0.585. The van der Waals surface area contributed by atoms with Crippen LogP contribution >= 0.6 is 0 Å². The number of rotatable bonds is 6. The van der Waals surface area contributed by atoms with Gasteiger partial charge in [0.1, 0.15) is 0 Å². The molecule has 0 atom stereocenters. The molecule has 0 aliphatic carbocycles. The zero-order valence-corrected chi connectivity index (χ0v) is 12.8. The molecule has 0 bridgehead atoms. The van der Waals surface area contributed by atoms with Crippen molar-refractivity contribution < 1.29 is 19.1 Å².